The van der Waals surface area contributed by atoms with Gasteiger partial charge in [0.25, 0.3) is 5.69 Å². The number of nitro groups is 1. The summed E-state index contributed by atoms with van der Waals surface area (Å²) in [5.41, 5.74) is 0.892. The highest BCUT2D eigenvalue weighted by Crippen LogP contribution is 2.17. The maximum Gasteiger partial charge on any atom is 0.314 e. The molecule has 0 spiro atoms. The Labute approximate surface area is 131 Å². The van der Waals surface area contributed by atoms with Crippen LogP contribution in [0.4, 0.5) is 17.1 Å². The molecule has 114 valence electrons. The van der Waals surface area contributed by atoms with Gasteiger partial charge in [0, 0.05) is 29.1 Å². The van der Waals surface area contributed by atoms with Crippen molar-refractivity contribution in [3.63, 3.8) is 0 Å². The smallest absolute Gasteiger partial charge is 0.314 e. The van der Waals surface area contributed by atoms with Gasteiger partial charge >= 0.3 is 11.8 Å². The summed E-state index contributed by atoms with van der Waals surface area (Å²) in [5.74, 6) is 0.552. The second kappa shape index (κ2) is 6.87. The average Bonchev–Trinajstić information content (AvgIpc) is 2.55. The van der Waals surface area contributed by atoms with Crippen molar-refractivity contribution in [2.24, 2.45) is 0 Å². The molecule has 0 heterocycles. The Kier molecular flexibility index (Phi) is 4.69. The van der Waals surface area contributed by atoms with Gasteiger partial charge in [-0.2, -0.15) is 0 Å². The molecule has 0 atom stereocenters. The van der Waals surface area contributed by atoms with Crippen molar-refractivity contribution >= 4 is 28.9 Å². The molecule has 2 aromatic carbocycles. The van der Waals surface area contributed by atoms with E-state index in [1.807, 2.05) is 0 Å². The van der Waals surface area contributed by atoms with E-state index in [9.17, 15) is 19.7 Å². The van der Waals surface area contributed by atoms with E-state index in [1.54, 1.807) is 24.3 Å². The van der Waals surface area contributed by atoms with Crippen molar-refractivity contribution in [3.05, 3.63) is 64.2 Å². The number of terminal acetylenes is 1. The van der Waals surface area contributed by atoms with Gasteiger partial charge in [0.15, 0.2) is 0 Å². The summed E-state index contributed by atoms with van der Waals surface area (Å²) >= 11 is 0. The largest absolute Gasteiger partial charge is 0.318 e. The number of amides is 2. The van der Waals surface area contributed by atoms with Gasteiger partial charge in [-0.25, -0.2) is 0 Å². The number of rotatable bonds is 3. The molecule has 0 saturated heterocycles. The maximum absolute atomic E-state index is 11.8. The van der Waals surface area contributed by atoms with Crippen LogP contribution in [0.3, 0.4) is 0 Å². The molecule has 0 aliphatic carbocycles. The normalized spacial score (nSPS) is 9.52. The lowest BCUT2D eigenvalue weighted by Crippen LogP contribution is -2.29. The van der Waals surface area contributed by atoms with Crippen LogP contribution in [-0.4, -0.2) is 16.7 Å². The van der Waals surface area contributed by atoms with Crippen molar-refractivity contribution in [2.45, 2.75) is 0 Å². The van der Waals surface area contributed by atoms with Crippen LogP contribution in [0, 0.1) is 22.5 Å². The van der Waals surface area contributed by atoms with Crippen LogP contribution in [0.15, 0.2) is 48.5 Å². The summed E-state index contributed by atoms with van der Waals surface area (Å²) in [4.78, 5) is 33.7. The van der Waals surface area contributed by atoms with Gasteiger partial charge in [0.1, 0.15) is 0 Å². The molecule has 7 nitrogen and oxygen atoms in total. The van der Waals surface area contributed by atoms with E-state index in [0.717, 1.165) is 6.07 Å². The van der Waals surface area contributed by atoms with Crippen LogP contribution in [0.1, 0.15) is 5.56 Å². The summed E-state index contributed by atoms with van der Waals surface area (Å²) in [5, 5.41) is 15.4. The molecule has 0 fully saturated rings. The minimum atomic E-state index is -0.948. The van der Waals surface area contributed by atoms with E-state index in [0.29, 0.717) is 11.3 Å². The standard InChI is InChI=1S/C16H11N3O4/c1-2-11-5-3-6-12(9-11)17-15(20)16(21)18-13-7-4-8-14(10-13)19(22)23/h1,3-10H,(H,17,20)(H,18,21). The zero-order valence-corrected chi connectivity index (χ0v) is 11.8. The maximum atomic E-state index is 11.8. The second-order valence-electron chi connectivity index (χ2n) is 4.44. The molecule has 0 saturated carbocycles. The molecule has 2 rings (SSSR count). The summed E-state index contributed by atoms with van der Waals surface area (Å²) in [7, 11) is 0. The van der Waals surface area contributed by atoms with Crippen LogP contribution in [0.2, 0.25) is 0 Å². The molecular weight excluding hydrogens is 298 g/mol. The lowest BCUT2D eigenvalue weighted by molar-refractivity contribution is -0.384. The van der Waals surface area contributed by atoms with Gasteiger partial charge in [-0.05, 0) is 24.3 Å². The molecule has 2 N–H and O–H groups in total. The Bertz CT molecular complexity index is 824. The summed E-state index contributed by atoms with van der Waals surface area (Å²) in [6.45, 7) is 0. The topological polar surface area (TPSA) is 101 Å². The van der Waals surface area contributed by atoms with E-state index in [4.69, 9.17) is 6.42 Å². The third kappa shape index (κ3) is 4.15. The fourth-order valence-corrected chi connectivity index (χ4v) is 1.76. The molecule has 0 aromatic heterocycles. The second-order valence-corrected chi connectivity index (χ2v) is 4.44. The molecule has 0 bridgehead atoms. The summed E-state index contributed by atoms with van der Waals surface area (Å²) in [6.07, 6.45) is 5.25. The number of non-ortho nitro benzene ring substituents is 1. The first-order valence-electron chi connectivity index (χ1n) is 6.43. The molecule has 2 aromatic rings. The van der Waals surface area contributed by atoms with Gasteiger partial charge in [0.05, 0.1) is 4.92 Å². The van der Waals surface area contributed by atoms with Crippen molar-refractivity contribution in [1.29, 1.82) is 0 Å². The first-order valence-corrected chi connectivity index (χ1v) is 6.43. The van der Waals surface area contributed by atoms with Gasteiger partial charge in [0.2, 0.25) is 0 Å². The minimum absolute atomic E-state index is 0.150. The van der Waals surface area contributed by atoms with Gasteiger partial charge in [-0.15, -0.1) is 6.42 Å². The number of nitrogens with one attached hydrogen (secondary N) is 2. The highest BCUT2D eigenvalue weighted by Gasteiger charge is 2.15. The number of nitrogens with zero attached hydrogens (tertiary/aromatic N) is 1. The molecule has 0 radical (unpaired) electrons. The van der Waals surface area contributed by atoms with Gasteiger partial charge < -0.3 is 10.6 Å². The zero-order valence-electron chi connectivity index (χ0n) is 11.8. The predicted molar refractivity (Wildman–Crippen MR) is 84.7 cm³/mol. The number of hydrogen-bond acceptors (Lipinski definition) is 4. The molecule has 2 amide bonds. The lowest BCUT2D eigenvalue weighted by Gasteiger charge is -2.07. The van der Waals surface area contributed by atoms with Crippen LogP contribution >= 0.6 is 0 Å². The first-order chi connectivity index (χ1) is 11.0. The Hall–Kier alpha value is -3.66. The van der Waals surface area contributed by atoms with Crippen LogP contribution in [-0.2, 0) is 9.59 Å². The number of hydrogen-bond donors (Lipinski definition) is 2. The Morgan fingerprint density at radius 3 is 2.13 bits per heavy atom. The Morgan fingerprint density at radius 1 is 1.00 bits per heavy atom. The number of carbonyl (C=O) groups is 2. The van der Waals surface area contributed by atoms with Crippen LogP contribution < -0.4 is 10.6 Å². The first kappa shape index (κ1) is 15.7. The quantitative estimate of drug-likeness (QED) is 0.392. The molecule has 7 heteroatoms. The Balaban J connectivity index is 2.05. The van der Waals surface area contributed by atoms with E-state index >= 15 is 0 Å². The number of anilines is 2. The van der Waals surface area contributed by atoms with E-state index in [1.165, 1.54) is 18.2 Å². The van der Waals surface area contributed by atoms with Gasteiger partial charge in [-0.3, -0.25) is 19.7 Å². The molecule has 0 aliphatic heterocycles. The van der Waals surface area contributed by atoms with Gasteiger partial charge in [-0.1, -0.05) is 18.1 Å². The monoisotopic (exact) mass is 309 g/mol. The number of benzene rings is 2. The van der Waals surface area contributed by atoms with E-state index < -0.39 is 16.7 Å². The molecule has 0 aliphatic rings. The average molecular weight is 309 g/mol. The summed E-state index contributed by atoms with van der Waals surface area (Å²) in [6, 6.07) is 11.7. The molecule has 23 heavy (non-hydrogen) atoms. The highest BCUT2D eigenvalue weighted by molar-refractivity contribution is 6.43. The van der Waals surface area contributed by atoms with Crippen molar-refractivity contribution < 1.29 is 14.5 Å². The SMILES string of the molecule is C#Cc1cccc(NC(=O)C(=O)Nc2cccc([N+](=O)[O-])c2)c1. The molecular formula is C16H11N3O4. The fourth-order valence-electron chi connectivity index (χ4n) is 1.76. The minimum Gasteiger partial charge on any atom is -0.318 e. The van der Waals surface area contributed by atoms with E-state index in [-0.39, 0.29) is 11.4 Å². The Morgan fingerprint density at radius 2 is 1.57 bits per heavy atom. The van der Waals surface area contributed by atoms with Crippen LogP contribution in [0.5, 0.6) is 0 Å². The molecule has 0 unspecified atom stereocenters. The van der Waals surface area contributed by atoms with E-state index in [2.05, 4.69) is 16.6 Å². The lowest BCUT2D eigenvalue weighted by atomic mass is 10.2. The predicted octanol–water partition coefficient (Wildman–Crippen LogP) is 2.15. The van der Waals surface area contributed by atoms with Crippen molar-refractivity contribution in [2.75, 3.05) is 10.6 Å². The number of carbonyl (C=O) groups excluding carboxylic acids is 2. The highest BCUT2D eigenvalue weighted by atomic mass is 16.6. The summed E-state index contributed by atoms with van der Waals surface area (Å²) < 4.78 is 0. The number of nitro benzene ring substituents is 1. The third-order valence-electron chi connectivity index (χ3n) is 2.81. The van der Waals surface area contributed by atoms with Crippen molar-refractivity contribution in [3.8, 4) is 12.3 Å². The third-order valence-corrected chi connectivity index (χ3v) is 2.81. The fraction of sp³-hybridized carbons (Fsp3) is 0. The zero-order chi connectivity index (χ0) is 16.8. The van der Waals surface area contributed by atoms with Crippen LogP contribution in [0.25, 0.3) is 0 Å². The van der Waals surface area contributed by atoms with Crippen molar-refractivity contribution in [1.82, 2.24) is 0 Å².